The molecule has 1 aliphatic heterocycles. The summed E-state index contributed by atoms with van der Waals surface area (Å²) in [5.41, 5.74) is 2.19. The van der Waals surface area contributed by atoms with Crippen LogP contribution in [0.3, 0.4) is 0 Å². The number of amides is 1. The van der Waals surface area contributed by atoms with E-state index in [1.54, 1.807) is 0 Å². The van der Waals surface area contributed by atoms with E-state index in [0.717, 1.165) is 31.6 Å². The van der Waals surface area contributed by atoms with Crippen LogP contribution in [-0.2, 0) is 4.74 Å². The average Bonchev–Trinajstić information content (AvgIpc) is 2.57. The molecule has 2 fully saturated rings. The molecule has 0 unspecified atom stereocenters. The Kier molecular flexibility index (Phi) is 5.33. The van der Waals surface area contributed by atoms with E-state index in [1.807, 2.05) is 12.1 Å². The molecule has 2 N–H and O–H groups in total. The van der Waals surface area contributed by atoms with Crippen LogP contribution >= 0.6 is 0 Å². The summed E-state index contributed by atoms with van der Waals surface area (Å²) in [7, 11) is 0. The lowest BCUT2D eigenvalue weighted by molar-refractivity contribution is 0.0909. The second-order valence-corrected chi connectivity index (χ2v) is 6.40. The van der Waals surface area contributed by atoms with E-state index < -0.39 is 0 Å². The van der Waals surface area contributed by atoms with Crippen molar-refractivity contribution < 1.29 is 9.53 Å². The second kappa shape index (κ2) is 7.63. The number of piperidine rings is 1. The lowest BCUT2D eigenvalue weighted by Crippen LogP contribution is -2.34. The third kappa shape index (κ3) is 4.01. The molecule has 120 valence electrons. The van der Waals surface area contributed by atoms with Gasteiger partial charge in [-0.15, -0.1) is 0 Å². The molecule has 4 heteroatoms. The van der Waals surface area contributed by atoms with Crippen LogP contribution in [0.1, 0.15) is 56.4 Å². The summed E-state index contributed by atoms with van der Waals surface area (Å²) in [5.74, 6) is 0.573. The van der Waals surface area contributed by atoms with Crippen LogP contribution in [0.2, 0.25) is 0 Å². The van der Waals surface area contributed by atoms with Crippen molar-refractivity contribution in [1.29, 1.82) is 0 Å². The molecular weight excluding hydrogens is 276 g/mol. The molecule has 1 aromatic rings. The third-order valence-corrected chi connectivity index (χ3v) is 4.80. The van der Waals surface area contributed by atoms with E-state index in [2.05, 4.69) is 22.8 Å². The highest BCUT2D eigenvalue weighted by atomic mass is 16.6. The summed E-state index contributed by atoms with van der Waals surface area (Å²) in [5, 5.41) is 6.25. The molecule has 4 nitrogen and oxygen atoms in total. The van der Waals surface area contributed by atoms with Crippen LogP contribution in [0, 0.1) is 0 Å². The molecule has 1 saturated carbocycles. The number of rotatable bonds is 3. The fourth-order valence-electron chi connectivity index (χ4n) is 3.58. The van der Waals surface area contributed by atoms with Gasteiger partial charge in [0.2, 0.25) is 0 Å². The Morgan fingerprint density at radius 1 is 1.05 bits per heavy atom. The first-order chi connectivity index (χ1) is 10.8. The number of para-hydroxylation sites is 1. The van der Waals surface area contributed by atoms with Gasteiger partial charge in [-0.3, -0.25) is 5.32 Å². The van der Waals surface area contributed by atoms with E-state index in [-0.39, 0.29) is 12.2 Å². The second-order valence-electron chi connectivity index (χ2n) is 6.40. The SMILES string of the molecule is O=C(Nc1ccccc1C1CCCCC1)OC1CCNCC1. The van der Waals surface area contributed by atoms with Crippen molar-refractivity contribution in [3.8, 4) is 0 Å². The summed E-state index contributed by atoms with van der Waals surface area (Å²) in [6.07, 6.45) is 7.90. The minimum absolute atomic E-state index is 0.0445. The van der Waals surface area contributed by atoms with Crippen LogP contribution < -0.4 is 10.6 Å². The third-order valence-electron chi connectivity index (χ3n) is 4.80. The zero-order chi connectivity index (χ0) is 15.2. The molecule has 2 aliphatic rings. The lowest BCUT2D eigenvalue weighted by atomic mass is 9.83. The van der Waals surface area contributed by atoms with Crippen molar-refractivity contribution in [2.24, 2.45) is 0 Å². The van der Waals surface area contributed by atoms with Crippen molar-refractivity contribution in [3.63, 3.8) is 0 Å². The monoisotopic (exact) mass is 302 g/mol. The molecule has 0 bridgehead atoms. The first-order valence-electron chi connectivity index (χ1n) is 8.60. The maximum atomic E-state index is 12.2. The molecule has 1 aliphatic carbocycles. The highest BCUT2D eigenvalue weighted by molar-refractivity contribution is 5.86. The summed E-state index contributed by atoms with van der Waals surface area (Å²) in [6.45, 7) is 1.85. The maximum absolute atomic E-state index is 12.2. The van der Waals surface area contributed by atoms with Crippen molar-refractivity contribution in [1.82, 2.24) is 5.32 Å². The van der Waals surface area contributed by atoms with Crippen molar-refractivity contribution >= 4 is 11.8 Å². The number of hydrogen-bond donors (Lipinski definition) is 2. The summed E-state index contributed by atoms with van der Waals surface area (Å²) in [4.78, 5) is 12.2. The number of ether oxygens (including phenoxy) is 1. The molecule has 0 radical (unpaired) electrons. The number of nitrogens with one attached hydrogen (secondary N) is 2. The van der Waals surface area contributed by atoms with Crippen LogP contribution in [0.15, 0.2) is 24.3 Å². The Morgan fingerprint density at radius 3 is 2.55 bits per heavy atom. The van der Waals surface area contributed by atoms with Crippen LogP contribution in [0.4, 0.5) is 10.5 Å². The van der Waals surface area contributed by atoms with Gasteiger partial charge in [-0.1, -0.05) is 37.5 Å². The Hall–Kier alpha value is -1.55. The van der Waals surface area contributed by atoms with E-state index in [0.29, 0.717) is 5.92 Å². The van der Waals surface area contributed by atoms with Gasteiger partial charge in [0, 0.05) is 5.69 Å². The van der Waals surface area contributed by atoms with Gasteiger partial charge < -0.3 is 10.1 Å². The van der Waals surface area contributed by atoms with E-state index in [9.17, 15) is 4.79 Å². The molecule has 1 heterocycles. The molecule has 0 atom stereocenters. The average molecular weight is 302 g/mol. The van der Waals surface area contributed by atoms with Crippen molar-refractivity contribution in [2.75, 3.05) is 18.4 Å². The normalized spacial score (nSPS) is 20.5. The molecule has 1 aromatic carbocycles. The first-order valence-corrected chi connectivity index (χ1v) is 8.60. The summed E-state index contributed by atoms with van der Waals surface area (Å²) in [6, 6.07) is 8.18. The predicted molar refractivity (Wildman–Crippen MR) is 88.3 cm³/mol. The fraction of sp³-hybridized carbons (Fsp3) is 0.611. The van der Waals surface area contributed by atoms with Gasteiger partial charge in [-0.2, -0.15) is 0 Å². The van der Waals surface area contributed by atoms with E-state index in [1.165, 1.54) is 37.7 Å². The smallest absolute Gasteiger partial charge is 0.411 e. The number of carbonyl (C=O) groups is 1. The van der Waals surface area contributed by atoms with Gasteiger partial charge in [0.15, 0.2) is 0 Å². The molecule has 22 heavy (non-hydrogen) atoms. The Bertz CT molecular complexity index is 492. The zero-order valence-electron chi connectivity index (χ0n) is 13.1. The van der Waals surface area contributed by atoms with Crippen LogP contribution in [0.25, 0.3) is 0 Å². The zero-order valence-corrected chi connectivity index (χ0v) is 13.1. The molecular formula is C18H26N2O2. The molecule has 1 saturated heterocycles. The lowest BCUT2D eigenvalue weighted by Gasteiger charge is -2.25. The van der Waals surface area contributed by atoms with Gasteiger partial charge in [-0.05, 0) is 56.3 Å². The minimum atomic E-state index is -0.310. The summed E-state index contributed by atoms with van der Waals surface area (Å²) < 4.78 is 5.55. The van der Waals surface area contributed by atoms with Crippen molar-refractivity contribution in [3.05, 3.63) is 29.8 Å². The van der Waals surface area contributed by atoms with Crippen LogP contribution in [-0.4, -0.2) is 25.3 Å². The Labute approximate surface area is 132 Å². The van der Waals surface area contributed by atoms with Gasteiger partial charge in [0.05, 0.1) is 0 Å². The van der Waals surface area contributed by atoms with Gasteiger partial charge >= 0.3 is 6.09 Å². The number of carbonyl (C=O) groups excluding carboxylic acids is 1. The molecule has 0 spiro atoms. The van der Waals surface area contributed by atoms with Crippen molar-refractivity contribution in [2.45, 2.75) is 57.0 Å². The number of anilines is 1. The highest BCUT2D eigenvalue weighted by Crippen LogP contribution is 2.36. The van der Waals surface area contributed by atoms with Gasteiger partial charge in [0.1, 0.15) is 6.10 Å². The summed E-state index contributed by atoms with van der Waals surface area (Å²) >= 11 is 0. The largest absolute Gasteiger partial charge is 0.446 e. The first kappa shape index (κ1) is 15.3. The molecule has 0 aromatic heterocycles. The highest BCUT2D eigenvalue weighted by Gasteiger charge is 2.21. The number of hydrogen-bond acceptors (Lipinski definition) is 3. The van der Waals surface area contributed by atoms with Crippen LogP contribution in [0.5, 0.6) is 0 Å². The van der Waals surface area contributed by atoms with Gasteiger partial charge in [-0.25, -0.2) is 4.79 Å². The standard InChI is InChI=1S/C18H26N2O2/c21-18(22-15-10-12-19-13-11-15)20-17-9-5-4-8-16(17)14-6-2-1-3-7-14/h4-5,8-9,14-15,19H,1-3,6-7,10-13H2,(H,20,21). The number of benzene rings is 1. The molecule has 1 amide bonds. The van der Waals surface area contributed by atoms with E-state index >= 15 is 0 Å². The maximum Gasteiger partial charge on any atom is 0.411 e. The Balaban J connectivity index is 1.62. The topological polar surface area (TPSA) is 50.4 Å². The fourth-order valence-corrected chi connectivity index (χ4v) is 3.58. The van der Waals surface area contributed by atoms with Gasteiger partial charge in [0.25, 0.3) is 0 Å². The quantitative estimate of drug-likeness (QED) is 0.886. The Morgan fingerprint density at radius 2 is 1.77 bits per heavy atom. The predicted octanol–water partition coefficient (Wildman–Crippen LogP) is 4.03. The minimum Gasteiger partial charge on any atom is -0.446 e. The van der Waals surface area contributed by atoms with E-state index in [4.69, 9.17) is 4.74 Å². The molecule has 3 rings (SSSR count).